The van der Waals surface area contributed by atoms with Crippen LogP contribution in [-0.2, 0) is 6.42 Å². The molecule has 1 aliphatic rings. The zero-order valence-electron chi connectivity index (χ0n) is 12.0. The maximum absolute atomic E-state index is 12.1. The first kappa shape index (κ1) is 14.3. The number of carbonyl (C=O) groups is 1. The fourth-order valence-corrected chi connectivity index (χ4v) is 3.10. The van der Waals surface area contributed by atoms with Crippen molar-refractivity contribution >= 4 is 17.4 Å². The first-order valence-electron chi connectivity index (χ1n) is 6.98. The van der Waals surface area contributed by atoms with Gasteiger partial charge >= 0.3 is 6.03 Å². The number of aromatic nitrogens is 1. The van der Waals surface area contributed by atoms with Gasteiger partial charge in [0.25, 0.3) is 0 Å². The molecule has 0 bridgehead atoms. The minimum atomic E-state index is 0.0631. The van der Waals surface area contributed by atoms with Gasteiger partial charge in [-0.05, 0) is 26.2 Å². The molecule has 1 saturated carbocycles. The zero-order chi connectivity index (χ0) is 13.9. The summed E-state index contributed by atoms with van der Waals surface area (Å²) in [7, 11) is 1.87. The number of aryl methyl sites for hydroxylation is 1. The maximum Gasteiger partial charge on any atom is 0.317 e. The van der Waals surface area contributed by atoms with E-state index < -0.39 is 0 Å². The van der Waals surface area contributed by atoms with Crippen molar-refractivity contribution in [3.8, 4) is 0 Å². The molecule has 0 saturated heterocycles. The molecule has 0 atom stereocenters. The fourth-order valence-electron chi connectivity index (χ4n) is 2.33. The predicted molar refractivity (Wildman–Crippen MR) is 78.6 cm³/mol. The van der Waals surface area contributed by atoms with Crippen LogP contribution in [-0.4, -0.2) is 35.0 Å². The number of nitrogens with zero attached hydrogens (tertiary/aromatic N) is 2. The van der Waals surface area contributed by atoms with Gasteiger partial charge in [0.15, 0.2) is 0 Å². The standard InChI is InChI=1S/C14H23N3OS/c1-4-6-14(7-8-14)16-13(18)17(3)9-5-12-11(2)15-10-19-12/h10H,4-9H2,1-3H3,(H,16,18). The Bertz CT molecular complexity index is 440. The molecule has 0 aromatic carbocycles. The molecule has 1 fully saturated rings. The van der Waals surface area contributed by atoms with E-state index in [0.717, 1.165) is 44.3 Å². The highest BCUT2D eigenvalue weighted by Crippen LogP contribution is 2.39. The molecular formula is C14H23N3OS. The van der Waals surface area contributed by atoms with E-state index in [0.29, 0.717) is 0 Å². The lowest BCUT2D eigenvalue weighted by Gasteiger charge is -2.23. The number of rotatable bonds is 6. The normalized spacial score (nSPS) is 16.2. The first-order valence-corrected chi connectivity index (χ1v) is 7.86. The van der Waals surface area contributed by atoms with E-state index in [-0.39, 0.29) is 11.6 Å². The highest BCUT2D eigenvalue weighted by molar-refractivity contribution is 7.09. The third-order valence-corrected chi connectivity index (χ3v) is 4.81. The summed E-state index contributed by atoms with van der Waals surface area (Å²) in [6.45, 7) is 4.94. The summed E-state index contributed by atoms with van der Waals surface area (Å²) in [5, 5.41) is 3.19. The third-order valence-electron chi connectivity index (χ3n) is 3.82. The van der Waals surface area contributed by atoms with Gasteiger partial charge in [0.1, 0.15) is 0 Å². The summed E-state index contributed by atoms with van der Waals surface area (Å²) >= 11 is 1.67. The Labute approximate surface area is 119 Å². The van der Waals surface area contributed by atoms with Crippen molar-refractivity contribution in [2.75, 3.05) is 13.6 Å². The number of urea groups is 1. The van der Waals surface area contributed by atoms with Crippen LogP contribution in [0.3, 0.4) is 0 Å². The Morgan fingerprint density at radius 3 is 2.84 bits per heavy atom. The van der Waals surface area contributed by atoms with E-state index in [2.05, 4.69) is 17.2 Å². The van der Waals surface area contributed by atoms with Crippen molar-refractivity contribution in [1.82, 2.24) is 15.2 Å². The van der Waals surface area contributed by atoms with Crippen LogP contribution in [0.25, 0.3) is 0 Å². The van der Waals surface area contributed by atoms with Crippen LogP contribution in [0.15, 0.2) is 5.51 Å². The predicted octanol–water partition coefficient (Wildman–Crippen LogP) is 2.97. The molecule has 5 heteroatoms. The molecule has 19 heavy (non-hydrogen) atoms. The number of nitrogens with one attached hydrogen (secondary N) is 1. The van der Waals surface area contributed by atoms with E-state index in [4.69, 9.17) is 0 Å². The largest absolute Gasteiger partial charge is 0.333 e. The van der Waals surface area contributed by atoms with Crippen LogP contribution in [0.5, 0.6) is 0 Å². The number of thiazole rings is 1. The molecule has 0 radical (unpaired) electrons. The number of hydrogen-bond donors (Lipinski definition) is 1. The molecule has 0 unspecified atom stereocenters. The summed E-state index contributed by atoms with van der Waals surface area (Å²) in [5.74, 6) is 0. The molecule has 0 aliphatic heterocycles. The lowest BCUT2D eigenvalue weighted by Crippen LogP contribution is -2.45. The average Bonchev–Trinajstić information content (AvgIpc) is 2.99. The van der Waals surface area contributed by atoms with E-state index in [9.17, 15) is 4.79 Å². The summed E-state index contributed by atoms with van der Waals surface area (Å²) in [6, 6.07) is 0.0631. The van der Waals surface area contributed by atoms with Gasteiger partial charge in [0, 0.05) is 30.4 Å². The molecule has 1 N–H and O–H groups in total. The molecule has 1 aromatic heterocycles. The average molecular weight is 281 g/mol. The van der Waals surface area contributed by atoms with Gasteiger partial charge in [0.05, 0.1) is 11.2 Å². The zero-order valence-corrected chi connectivity index (χ0v) is 12.8. The molecule has 106 valence electrons. The molecule has 1 aromatic rings. The fraction of sp³-hybridized carbons (Fsp3) is 0.714. The second kappa shape index (κ2) is 5.90. The Balaban J connectivity index is 1.78. The number of hydrogen-bond acceptors (Lipinski definition) is 3. The number of amides is 2. The Hall–Kier alpha value is -1.10. The van der Waals surface area contributed by atoms with Crippen molar-refractivity contribution in [2.24, 2.45) is 0 Å². The van der Waals surface area contributed by atoms with Crippen molar-refractivity contribution in [1.29, 1.82) is 0 Å². The van der Waals surface area contributed by atoms with E-state index in [1.165, 1.54) is 4.88 Å². The summed E-state index contributed by atoms with van der Waals surface area (Å²) in [5.41, 5.74) is 3.06. The van der Waals surface area contributed by atoms with Crippen LogP contribution in [0, 0.1) is 6.92 Å². The second-order valence-electron chi connectivity index (χ2n) is 5.49. The molecule has 2 amide bonds. The molecule has 0 spiro atoms. The Kier molecular flexibility index (Phi) is 4.45. The van der Waals surface area contributed by atoms with Crippen molar-refractivity contribution in [2.45, 2.75) is 51.5 Å². The Morgan fingerprint density at radius 2 is 2.32 bits per heavy atom. The van der Waals surface area contributed by atoms with Gasteiger partial charge in [-0.15, -0.1) is 11.3 Å². The van der Waals surface area contributed by atoms with E-state index in [1.807, 2.05) is 19.5 Å². The van der Waals surface area contributed by atoms with Gasteiger partial charge in [-0.25, -0.2) is 9.78 Å². The minimum Gasteiger partial charge on any atom is -0.333 e. The lowest BCUT2D eigenvalue weighted by atomic mass is 10.1. The lowest BCUT2D eigenvalue weighted by molar-refractivity contribution is 0.202. The van der Waals surface area contributed by atoms with Crippen molar-refractivity contribution < 1.29 is 4.79 Å². The van der Waals surface area contributed by atoms with Crippen LogP contribution >= 0.6 is 11.3 Å². The molecule has 1 aliphatic carbocycles. The van der Waals surface area contributed by atoms with Crippen LogP contribution < -0.4 is 5.32 Å². The SMILES string of the molecule is CCCC1(NC(=O)N(C)CCc2scnc2C)CC1. The second-order valence-corrected chi connectivity index (χ2v) is 6.43. The smallest absolute Gasteiger partial charge is 0.317 e. The topological polar surface area (TPSA) is 45.2 Å². The minimum absolute atomic E-state index is 0.0631. The Morgan fingerprint density at radius 1 is 1.58 bits per heavy atom. The monoisotopic (exact) mass is 281 g/mol. The highest BCUT2D eigenvalue weighted by atomic mass is 32.1. The van der Waals surface area contributed by atoms with Gasteiger partial charge in [0.2, 0.25) is 0 Å². The molecular weight excluding hydrogens is 258 g/mol. The quantitative estimate of drug-likeness (QED) is 0.871. The maximum atomic E-state index is 12.1. The van der Waals surface area contributed by atoms with Gasteiger partial charge in [-0.3, -0.25) is 0 Å². The van der Waals surface area contributed by atoms with Crippen LogP contribution in [0.2, 0.25) is 0 Å². The molecule has 1 heterocycles. The summed E-state index contributed by atoms with van der Waals surface area (Å²) < 4.78 is 0. The number of likely N-dealkylation sites (N-methyl/N-ethyl adjacent to an activating group) is 1. The van der Waals surface area contributed by atoms with Gasteiger partial charge in [-0.2, -0.15) is 0 Å². The van der Waals surface area contributed by atoms with Gasteiger partial charge in [-0.1, -0.05) is 13.3 Å². The summed E-state index contributed by atoms with van der Waals surface area (Å²) in [4.78, 5) is 19.4. The summed E-state index contributed by atoms with van der Waals surface area (Å²) in [6.07, 6.45) is 5.38. The highest BCUT2D eigenvalue weighted by Gasteiger charge is 2.43. The van der Waals surface area contributed by atoms with Crippen molar-refractivity contribution in [3.63, 3.8) is 0 Å². The van der Waals surface area contributed by atoms with E-state index in [1.54, 1.807) is 16.2 Å². The molecule has 4 nitrogen and oxygen atoms in total. The van der Waals surface area contributed by atoms with Gasteiger partial charge < -0.3 is 10.2 Å². The molecule has 2 rings (SSSR count). The third kappa shape index (κ3) is 3.69. The number of carbonyl (C=O) groups excluding carboxylic acids is 1. The first-order chi connectivity index (χ1) is 9.06. The van der Waals surface area contributed by atoms with E-state index >= 15 is 0 Å². The van der Waals surface area contributed by atoms with Crippen LogP contribution in [0.4, 0.5) is 4.79 Å². The van der Waals surface area contributed by atoms with Crippen LogP contribution in [0.1, 0.15) is 43.2 Å². The van der Waals surface area contributed by atoms with Crippen molar-refractivity contribution in [3.05, 3.63) is 16.1 Å².